The highest BCUT2D eigenvalue weighted by Crippen LogP contribution is 2.26. The molecule has 0 spiro atoms. The third-order valence-electron chi connectivity index (χ3n) is 5.04. The maximum atomic E-state index is 12.4. The molecular formula is C22H26F3N3O3. The van der Waals surface area contributed by atoms with Crippen LogP contribution in [0.5, 0.6) is 5.75 Å². The summed E-state index contributed by atoms with van der Waals surface area (Å²) in [5, 5.41) is 0. The molecule has 1 fully saturated rings. The first-order chi connectivity index (χ1) is 14.6. The summed E-state index contributed by atoms with van der Waals surface area (Å²) in [6.45, 7) is 5.78. The van der Waals surface area contributed by atoms with E-state index < -0.39 is 12.3 Å². The standard InChI is InChI=1S/C22H26F3N3O3/c1-15(2)30-21(29)19-5-4-11-26-20(19)27(3)17-10-12-28(14-17)13-16-6-8-18(9-7-16)31-22(23,24)25/h4-9,11,15,17H,10,12-14H2,1-3H3. The van der Waals surface area contributed by atoms with Crippen LogP contribution in [0.15, 0.2) is 42.6 Å². The summed E-state index contributed by atoms with van der Waals surface area (Å²) in [5.74, 6) is -0.0548. The van der Waals surface area contributed by atoms with Crippen LogP contribution in [0.3, 0.4) is 0 Å². The van der Waals surface area contributed by atoms with E-state index in [1.807, 2.05) is 11.9 Å². The van der Waals surface area contributed by atoms with Crippen LogP contribution in [0, 0.1) is 0 Å². The lowest BCUT2D eigenvalue weighted by Gasteiger charge is -2.27. The van der Waals surface area contributed by atoms with E-state index in [-0.39, 0.29) is 17.9 Å². The number of benzene rings is 1. The number of rotatable bonds is 7. The van der Waals surface area contributed by atoms with Gasteiger partial charge in [-0.25, -0.2) is 9.78 Å². The number of esters is 1. The number of ether oxygens (including phenoxy) is 2. The number of hydrogen-bond acceptors (Lipinski definition) is 6. The monoisotopic (exact) mass is 437 g/mol. The van der Waals surface area contributed by atoms with Gasteiger partial charge in [0.25, 0.3) is 0 Å². The fourth-order valence-corrected chi connectivity index (χ4v) is 3.61. The van der Waals surface area contributed by atoms with E-state index in [1.165, 1.54) is 12.1 Å². The van der Waals surface area contributed by atoms with Gasteiger partial charge in [-0.15, -0.1) is 13.2 Å². The number of alkyl halides is 3. The Morgan fingerprint density at radius 1 is 1.26 bits per heavy atom. The van der Waals surface area contributed by atoms with Crippen LogP contribution < -0.4 is 9.64 Å². The van der Waals surface area contributed by atoms with Crippen LogP contribution in [0.1, 0.15) is 36.2 Å². The number of anilines is 1. The SMILES string of the molecule is CC(C)OC(=O)c1cccnc1N(C)C1CCN(Cc2ccc(OC(F)(F)F)cc2)C1. The Morgan fingerprint density at radius 2 is 1.97 bits per heavy atom. The van der Waals surface area contributed by atoms with Gasteiger partial charge in [0.05, 0.1) is 6.10 Å². The minimum Gasteiger partial charge on any atom is -0.459 e. The molecule has 9 heteroatoms. The number of carbonyl (C=O) groups excluding carboxylic acids is 1. The third-order valence-corrected chi connectivity index (χ3v) is 5.04. The van der Waals surface area contributed by atoms with Gasteiger partial charge in [-0.2, -0.15) is 0 Å². The maximum Gasteiger partial charge on any atom is 0.573 e. The Labute approximate surface area is 179 Å². The van der Waals surface area contributed by atoms with Gasteiger partial charge >= 0.3 is 12.3 Å². The van der Waals surface area contributed by atoms with Crippen LogP contribution in [-0.2, 0) is 11.3 Å². The van der Waals surface area contributed by atoms with E-state index >= 15 is 0 Å². The molecule has 0 amide bonds. The molecule has 2 aromatic rings. The van der Waals surface area contributed by atoms with E-state index in [9.17, 15) is 18.0 Å². The quantitative estimate of drug-likeness (QED) is 0.604. The maximum absolute atomic E-state index is 12.4. The number of likely N-dealkylation sites (tertiary alicyclic amines) is 1. The second kappa shape index (κ2) is 9.55. The summed E-state index contributed by atoms with van der Waals surface area (Å²) >= 11 is 0. The van der Waals surface area contributed by atoms with Crippen molar-refractivity contribution in [2.24, 2.45) is 0 Å². The molecule has 2 heterocycles. The molecule has 0 saturated carbocycles. The Morgan fingerprint density at radius 3 is 2.61 bits per heavy atom. The van der Waals surface area contributed by atoms with Gasteiger partial charge in [-0.05, 0) is 50.1 Å². The fourth-order valence-electron chi connectivity index (χ4n) is 3.61. The predicted octanol–water partition coefficient (Wildman–Crippen LogP) is 4.26. The molecule has 0 N–H and O–H groups in total. The van der Waals surface area contributed by atoms with Gasteiger partial charge < -0.3 is 14.4 Å². The molecule has 1 aliphatic rings. The van der Waals surface area contributed by atoms with Crippen molar-refractivity contribution in [3.8, 4) is 5.75 Å². The molecule has 0 radical (unpaired) electrons. The molecule has 0 aliphatic carbocycles. The molecule has 1 aromatic carbocycles. The van der Waals surface area contributed by atoms with Crippen LogP contribution in [0.4, 0.5) is 19.0 Å². The van der Waals surface area contributed by atoms with Gasteiger partial charge in [0.15, 0.2) is 0 Å². The molecule has 168 valence electrons. The first kappa shape index (κ1) is 22.9. The summed E-state index contributed by atoms with van der Waals surface area (Å²) in [6.07, 6.45) is -2.39. The summed E-state index contributed by atoms with van der Waals surface area (Å²) in [6, 6.07) is 9.48. The van der Waals surface area contributed by atoms with E-state index in [1.54, 1.807) is 44.3 Å². The molecule has 1 atom stereocenters. The zero-order valence-electron chi connectivity index (χ0n) is 17.7. The number of pyridine rings is 1. The highest BCUT2D eigenvalue weighted by atomic mass is 19.4. The number of likely N-dealkylation sites (N-methyl/N-ethyl adjacent to an activating group) is 1. The number of halogens is 3. The van der Waals surface area contributed by atoms with Gasteiger partial charge in [-0.1, -0.05) is 12.1 Å². The summed E-state index contributed by atoms with van der Waals surface area (Å²) in [4.78, 5) is 21.1. The van der Waals surface area contributed by atoms with Crippen molar-refractivity contribution in [3.63, 3.8) is 0 Å². The Hall–Kier alpha value is -2.81. The van der Waals surface area contributed by atoms with Crippen LogP contribution in [-0.4, -0.2) is 54.5 Å². The number of hydrogen-bond donors (Lipinski definition) is 0. The van der Waals surface area contributed by atoms with Crippen molar-refractivity contribution in [3.05, 3.63) is 53.7 Å². The zero-order chi connectivity index (χ0) is 22.6. The minimum atomic E-state index is -4.69. The average molecular weight is 437 g/mol. The molecule has 1 aromatic heterocycles. The van der Waals surface area contributed by atoms with Crippen molar-refractivity contribution in [1.29, 1.82) is 0 Å². The summed E-state index contributed by atoms with van der Waals surface area (Å²) < 4.78 is 46.1. The normalized spacial score (nSPS) is 17.1. The fraction of sp³-hybridized carbons (Fsp3) is 0.455. The van der Waals surface area contributed by atoms with Crippen LogP contribution in [0.25, 0.3) is 0 Å². The molecule has 6 nitrogen and oxygen atoms in total. The van der Waals surface area contributed by atoms with Gasteiger partial charge in [0.2, 0.25) is 0 Å². The summed E-state index contributed by atoms with van der Waals surface area (Å²) in [5.41, 5.74) is 1.33. The summed E-state index contributed by atoms with van der Waals surface area (Å²) in [7, 11) is 1.91. The Bertz CT molecular complexity index is 888. The zero-order valence-corrected chi connectivity index (χ0v) is 17.7. The first-order valence-corrected chi connectivity index (χ1v) is 10.1. The average Bonchev–Trinajstić information content (AvgIpc) is 3.16. The molecule has 1 saturated heterocycles. The number of carbonyl (C=O) groups is 1. The molecule has 31 heavy (non-hydrogen) atoms. The lowest BCUT2D eigenvalue weighted by molar-refractivity contribution is -0.274. The second-order valence-corrected chi connectivity index (χ2v) is 7.81. The van der Waals surface area contributed by atoms with E-state index in [2.05, 4.69) is 14.6 Å². The number of nitrogens with zero attached hydrogens (tertiary/aromatic N) is 3. The second-order valence-electron chi connectivity index (χ2n) is 7.81. The van der Waals surface area contributed by atoms with E-state index in [0.29, 0.717) is 17.9 Å². The van der Waals surface area contributed by atoms with Gasteiger partial charge in [0.1, 0.15) is 17.1 Å². The van der Waals surface area contributed by atoms with Crippen LogP contribution in [0.2, 0.25) is 0 Å². The largest absolute Gasteiger partial charge is 0.573 e. The van der Waals surface area contributed by atoms with Crippen molar-refractivity contribution in [1.82, 2.24) is 9.88 Å². The molecule has 3 rings (SSSR count). The molecule has 1 aliphatic heterocycles. The van der Waals surface area contributed by atoms with Crippen molar-refractivity contribution in [2.45, 2.75) is 45.3 Å². The first-order valence-electron chi connectivity index (χ1n) is 10.1. The van der Waals surface area contributed by atoms with E-state index in [0.717, 1.165) is 25.1 Å². The molecule has 0 bridgehead atoms. The van der Waals surface area contributed by atoms with E-state index in [4.69, 9.17) is 4.74 Å². The molecular weight excluding hydrogens is 411 g/mol. The smallest absolute Gasteiger partial charge is 0.459 e. The lowest BCUT2D eigenvalue weighted by Crippen LogP contribution is -2.36. The topological polar surface area (TPSA) is 54.9 Å². The minimum absolute atomic E-state index is 0.147. The van der Waals surface area contributed by atoms with Crippen molar-refractivity contribution >= 4 is 11.8 Å². The van der Waals surface area contributed by atoms with Crippen molar-refractivity contribution < 1.29 is 27.4 Å². The predicted molar refractivity (Wildman–Crippen MR) is 110 cm³/mol. The highest BCUT2D eigenvalue weighted by Gasteiger charge is 2.31. The van der Waals surface area contributed by atoms with Crippen molar-refractivity contribution in [2.75, 3.05) is 25.0 Å². The van der Waals surface area contributed by atoms with Gasteiger partial charge in [-0.3, -0.25) is 4.90 Å². The lowest BCUT2D eigenvalue weighted by atomic mass is 10.2. The molecule has 1 unspecified atom stereocenters. The highest BCUT2D eigenvalue weighted by molar-refractivity contribution is 5.94. The Kier molecular flexibility index (Phi) is 7.04. The van der Waals surface area contributed by atoms with Gasteiger partial charge in [0, 0.05) is 38.9 Å². The number of aromatic nitrogens is 1. The van der Waals surface area contributed by atoms with Crippen LogP contribution >= 0.6 is 0 Å². The Balaban J connectivity index is 1.62. The third kappa shape index (κ3) is 6.33.